The number of nitro groups is 1. The Morgan fingerprint density at radius 3 is 3.05 bits per heavy atom. The largest absolute Gasteiger partial charge is 0.468 e. The highest BCUT2D eigenvalue weighted by atomic mass is 32.1. The molecule has 2 aliphatic rings. The summed E-state index contributed by atoms with van der Waals surface area (Å²) in [7, 11) is 0. The minimum atomic E-state index is -0.494. The van der Waals surface area contributed by atoms with Gasteiger partial charge in [0, 0.05) is 30.7 Å². The number of thiocarbonyl (C=S) groups is 1. The Labute approximate surface area is 128 Å². The fourth-order valence-electron chi connectivity index (χ4n) is 3.08. The van der Waals surface area contributed by atoms with Gasteiger partial charge in [-0.05, 0) is 31.6 Å². The summed E-state index contributed by atoms with van der Waals surface area (Å²) in [5, 5.41) is 14.9. The Balaban J connectivity index is 2.02. The van der Waals surface area contributed by atoms with E-state index in [-0.39, 0.29) is 11.7 Å². The van der Waals surface area contributed by atoms with Crippen molar-refractivity contribution in [1.29, 1.82) is 0 Å². The molecule has 0 amide bonds. The van der Waals surface area contributed by atoms with Crippen LogP contribution in [0.2, 0.25) is 0 Å². The lowest BCUT2D eigenvalue weighted by Gasteiger charge is -2.52. The van der Waals surface area contributed by atoms with Gasteiger partial charge < -0.3 is 15.0 Å². The van der Waals surface area contributed by atoms with Crippen LogP contribution < -0.4 is 10.1 Å². The summed E-state index contributed by atoms with van der Waals surface area (Å²) >= 11 is 5.43. The lowest BCUT2D eigenvalue weighted by Crippen LogP contribution is -2.64. The van der Waals surface area contributed by atoms with E-state index in [1.54, 1.807) is 12.1 Å². The lowest BCUT2D eigenvalue weighted by atomic mass is 9.90. The number of rotatable bonds is 3. The predicted molar refractivity (Wildman–Crippen MR) is 82.2 cm³/mol. The van der Waals surface area contributed by atoms with Crippen LogP contribution in [-0.2, 0) is 0 Å². The number of hydrogen-bond acceptors (Lipinski definition) is 4. The topological polar surface area (TPSA) is 67.6 Å². The first-order valence-electron chi connectivity index (χ1n) is 7.00. The predicted octanol–water partition coefficient (Wildman–Crippen LogP) is 2.73. The van der Waals surface area contributed by atoms with E-state index in [4.69, 9.17) is 17.0 Å². The van der Waals surface area contributed by atoms with Crippen LogP contribution in [0.4, 0.5) is 5.69 Å². The van der Waals surface area contributed by atoms with Gasteiger partial charge in [0.1, 0.15) is 5.75 Å². The summed E-state index contributed by atoms with van der Waals surface area (Å²) in [6.07, 6.45) is 1.68. The molecule has 0 radical (unpaired) electrons. The number of nitrogens with zero attached hydrogens (tertiary/aromatic N) is 2. The highest BCUT2D eigenvalue weighted by Gasteiger charge is 2.47. The molecule has 6 nitrogen and oxygen atoms in total. The van der Waals surface area contributed by atoms with Crippen molar-refractivity contribution in [2.24, 2.45) is 0 Å². The van der Waals surface area contributed by atoms with Gasteiger partial charge in [-0.25, -0.2) is 0 Å². The molecule has 2 bridgehead atoms. The summed E-state index contributed by atoms with van der Waals surface area (Å²) in [6.45, 7) is 4.93. The number of fused-ring (bicyclic) bond motifs is 4. The standard InChI is InChI=1S/C14H17N3O3S/c1-3-6-16-13(21)15-11-8-14(16,2)20-12-5-4-9(17(18)19)7-10(11)12/h4-5,7,11H,3,6,8H2,1-2H3,(H,15,21). The van der Waals surface area contributed by atoms with Crippen LogP contribution in [0.25, 0.3) is 0 Å². The molecular weight excluding hydrogens is 290 g/mol. The van der Waals surface area contributed by atoms with Crippen molar-refractivity contribution in [1.82, 2.24) is 10.2 Å². The second-order valence-electron chi connectivity index (χ2n) is 5.61. The number of benzene rings is 1. The molecule has 21 heavy (non-hydrogen) atoms. The van der Waals surface area contributed by atoms with E-state index >= 15 is 0 Å². The van der Waals surface area contributed by atoms with Crippen LogP contribution in [0.3, 0.4) is 0 Å². The van der Waals surface area contributed by atoms with Crippen molar-refractivity contribution < 1.29 is 9.66 Å². The molecule has 1 aromatic rings. The fraction of sp³-hybridized carbons (Fsp3) is 0.500. The number of nitrogens with one attached hydrogen (secondary N) is 1. The van der Waals surface area contributed by atoms with Gasteiger partial charge in [-0.3, -0.25) is 10.1 Å². The molecule has 2 heterocycles. The SMILES string of the molecule is CCCN1C(=S)NC2CC1(C)Oc1ccc([N+](=O)[O-])cc12. The Bertz CT molecular complexity index is 621. The zero-order chi connectivity index (χ0) is 15.2. The average Bonchev–Trinajstić information content (AvgIpc) is 2.42. The number of nitro benzene ring substituents is 1. The molecule has 1 saturated heterocycles. The highest BCUT2D eigenvalue weighted by Crippen LogP contribution is 2.45. The van der Waals surface area contributed by atoms with E-state index in [1.807, 2.05) is 6.92 Å². The van der Waals surface area contributed by atoms with Gasteiger partial charge in [0.2, 0.25) is 0 Å². The maximum atomic E-state index is 10.9. The quantitative estimate of drug-likeness (QED) is 0.526. The molecule has 1 fully saturated rings. The summed E-state index contributed by atoms with van der Waals surface area (Å²) in [6, 6.07) is 4.69. The Kier molecular flexibility index (Phi) is 3.24. The van der Waals surface area contributed by atoms with Gasteiger partial charge in [-0.1, -0.05) is 6.92 Å². The van der Waals surface area contributed by atoms with E-state index in [1.165, 1.54) is 6.07 Å². The smallest absolute Gasteiger partial charge is 0.270 e. The Hall–Kier alpha value is -1.89. The first-order valence-corrected chi connectivity index (χ1v) is 7.41. The second-order valence-corrected chi connectivity index (χ2v) is 6.00. The maximum Gasteiger partial charge on any atom is 0.270 e. The third-order valence-electron chi connectivity index (χ3n) is 4.05. The van der Waals surface area contributed by atoms with Gasteiger partial charge in [0.05, 0.1) is 11.0 Å². The van der Waals surface area contributed by atoms with E-state index in [2.05, 4.69) is 17.1 Å². The fourth-order valence-corrected chi connectivity index (χ4v) is 3.51. The third-order valence-corrected chi connectivity index (χ3v) is 4.39. The monoisotopic (exact) mass is 307 g/mol. The van der Waals surface area contributed by atoms with E-state index in [0.717, 1.165) is 18.5 Å². The zero-order valence-corrected chi connectivity index (χ0v) is 12.8. The maximum absolute atomic E-state index is 10.9. The first kappa shape index (κ1) is 14.1. The first-order chi connectivity index (χ1) is 9.94. The van der Waals surface area contributed by atoms with Crippen molar-refractivity contribution in [2.45, 2.75) is 38.5 Å². The molecular formula is C14H17N3O3S. The van der Waals surface area contributed by atoms with E-state index < -0.39 is 10.6 Å². The van der Waals surface area contributed by atoms with Crippen molar-refractivity contribution >= 4 is 23.0 Å². The van der Waals surface area contributed by atoms with Crippen molar-refractivity contribution in [3.63, 3.8) is 0 Å². The van der Waals surface area contributed by atoms with Gasteiger partial charge in [-0.2, -0.15) is 0 Å². The molecule has 0 spiro atoms. The Morgan fingerprint density at radius 2 is 2.38 bits per heavy atom. The summed E-state index contributed by atoms with van der Waals surface area (Å²) in [5.74, 6) is 0.690. The minimum absolute atomic E-state index is 0.0424. The molecule has 0 aliphatic carbocycles. The molecule has 3 rings (SSSR count). The van der Waals surface area contributed by atoms with Gasteiger partial charge in [0.25, 0.3) is 5.69 Å². The minimum Gasteiger partial charge on any atom is -0.468 e. The van der Waals surface area contributed by atoms with E-state index in [0.29, 0.717) is 17.3 Å². The molecule has 1 N–H and O–H groups in total. The van der Waals surface area contributed by atoms with Crippen molar-refractivity contribution in [2.75, 3.05) is 6.54 Å². The summed E-state index contributed by atoms with van der Waals surface area (Å²) < 4.78 is 6.14. The Morgan fingerprint density at radius 1 is 1.62 bits per heavy atom. The van der Waals surface area contributed by atoms with Gasteiger partial charge >= 0.3 is 0 Å². The summed E-state index contributed by atoms with van der Waals surface area (Å²) in [4.78, 5) is 12.6. The van der Waals surface area contributed by atoms with Gasteiger partial charge in [0.15, 0.2) is 10.8 Å². The molecule has 112 valence electrons. The van der Waals surface area contributed by atoms with Crippen LogP contribution in [0.5, 0.6) is 5.75 Å². The zero-order valence-electron chi connectivity index (χ0n) is 12.0. The van der Waals surface area contributed by atoms with Crippen LogP contribution in [0.15, 0.2) is 18.2 Å². The highest BCUT2D eigenvalue weighted by molar-refractivity contribution is 7.80. The number of non-ortho nitro benzene ring substituents is 1. The van der Waals surface area contributed by atoms with Crippen LogP contribution in [0.1, 0.15) is 38.3 Å². The van der Waals surface area contributed by atoms with Crippen molar-refractivity contribution in [3.05, 3.63) is 33.9 Å². The van der Waals surface area contributed by atoms with E-state index in [9.17, 15) is 10.1 Å². The summed E-state index contributed by atoms with van der Waals surface area (Å²) in [5.41, 5.74) is 0.386. The average molecular weight is 307 g/mol. The van der Waals surface area contributed by atoms with Crippen LogP contribution in [-0.4, -0.2) is 27.2 Å². The molecule has 7 heteroatoms. The normalized spacial score (nSPS) is 26.7. The molecule has 2 aliphatic heterocycles. The van der Waals surface area contributed by atoms with Crippen LogP contribution in [0, 0.1) is 10.1 Å². The third kappa shape index (κ3) is 2.21. The number of ether oxygens (including phenoxy) is 1. The van der Waals surface area contributed by atoms with Gasteiger partial charge in [-0.15, -0.1) is 0 Å². The van der Waals surface area contributed by atoms with Crippen LogP contribution >= 0.6 is 12.2 Å². The lowest BCUT2D eigenvalue weighted by molar-refractivity contribution is -0.385. The van der Waals surface area contributed by atoms with Crippen molar-refractivity contribution in [3.8, 4) is 5.75 Å². The molecule has 0 aromatic heterocycles. The number of hydrogen-bond donors (Lipinski definition) is 1. The molecule has 0 saturated carbocycles. The molecule has 1 aromatic carbocycles. The molecule has 2 unspecified atom stereocenters. The second kappa shape index (κ2) is 4.84. The molecule has 2 atom stereocenters.